The van der Waals surface area contributed by atoms with Crippen LogP contribution in [0.4, 0.5) is 4.39 Å². The van der Waals surface area contributed by atoms with Gasteiger partial charge in [0.05, 0.1) is 17.6 Å². The molecule has 0 saturated carbocycles. The summed E-state index contributed by atoms with van der Waals surface area (Å²) in [5.74, 6) is 0.587. The van der Waals surface area contributed by atoms with Crippen LogP contribution >= 0.6 is 11.6 Å². The lowest BCUT2D eigenvalue weighted by molar-refractivity contribution is 0.602. The first-order chi connectivity index (χ1) is 11.7. The van der Waals surface area contributed by atoms with Gasteiger partial charge in [-0.1, -0.05) is 60.1 Å². The summed E-state index contributed by atoms with van der Waals surface area (Å²) in [6, 6.07) is 22.3. The van der Waals surface area contributed by atoms with Gasteiger partial charge < -0.3 is 4.57 Å². The van der Waals surface area contributed by atoms with Crippen LogP contribution in [0.1, 0.15) is 5.56 Å². The highest BCUT2D eigenvalue weighted by atomic mass is 35.5. The Morgan fingerprint density at radius 1 is 0.917 bits per heavy atom. The van der Waals surface area contributed by atoms with Crippen LogP contribution in [0, 0.1) is 5.82 Å². The van der Waals surface area contributed by atoms with Crippen molar-refractivity contribution in [2.75, 3.05) is 0 Å². The number of aromatic nitrogens is 2. The monoisotopic (exact) mass is 336 g/mol. The predicted molar refractivity (Wildman–Crippen MR) is 95.7 cm³/mol. The average Bonchev–Trinajstić information content (AvgIpc) is 2.95. The first kappa shape index (κ1) is 14.9. The Morgan fingerprint density at radius 3 is 2.46 bits per heavy atom. The number of hydrogen-bond donors (Lipinski definition) is 0. The quantitative estimate of drug-likeness (QED) is 0.480. The van der Waals surface area contributed by atoms with E-state index in [1.54, 1.807) is 12.1 Å². The summed E-state index contributed by atoms with van der Waals surface area (Å²) < 4.78 is 16.2. The molecule has 1 aromatic heterocycles. The Balaban J connectivity index is 1.93. The molecule has 2 nitrogen and oxygen atoms in total. The van der Waals surface area contributed by atoms with Gasteiger partial charge in [-0.25, -0.2) is 9.37 Å². The second kappa shape index (κ2) is 6.10. The molecule has 0 N–H and O–H groups in total. The van der Waals surface area contributed by atoms with Crippen molar-refractivity contribution < 1.29 is 4.39 Å². The van der Waals surface area contributed by atoms with Crippen LogP contribution in [0.25, 0.3) is 22.4 Å². The molecule has 0 bridgehead atoms. The molecule has 0 atom stereocenters. The molecule has 4 rings (SSSR count). The zero-order valence-electron chi connectivity index (χ0n) is 12.8. The first-order valence-electron chi connectivity index (χ1n) is 7.67. The lowest BCUT2D eigenvalue weighted by atomic mass is 10.2. The molecule has 4 heteroatoms. The van der Waals surface area contributed by atoms with E-state index < -0.39 is 0 Å². The van der Waals surface area contributed by atoms with Crippen molar-refractivity contribution in [3.63, 3.8) is 0 Å². The largest absolute Gasteiger partial charge is 0.319 e. The van der Waals surface area contributed by atoms with Gasteiger partial charge in [-0.2, -0.15) is 0 Å². The minimum absolute atomic E-state index is 0.215. The standard InChI is InChI=1S/C20H14ClFN2/c21-16-10-11-19-18(12-16)23-20(14-6-2-1-3-7-14)24(19)13-15-8-4-5-9-17(15)22/h1-12H,13H2. The second-order valence-corrected chi connectivity index (χ2v) is 6.05. The number of nitrogens with zero attached hydrogens (tertiary/aromatic N) is 2. The molecule has 0 amide bonds. The molecule has 0 saturated heterocycles. The Morgan fingerprint density at radius 2 is 1.67 bits per heavy atom. The summed E-state index contributed by atoms with van der Waals surface area (Å²) >= 11 is 6.10. The number of benzene rings is 3. The molecule has 24 heavy (non-hydrogen) atoms. The molecule has 0 aliphatic heterocycles. The van der Waals surface area contributed by atoms with Crippen molar-refractivity contribution in [2.45, 2.75) is 6.54 Å². The molecule has 3 aromatic carbocycles. The number of imidazole rings is 1. The SMILES string of the molecule is Fc1ccccc1Cn1c(-c2ccccc2)nc2cc(Cl)ccc21. The first-order valence-corrected chi connectivity index (χ1v) is 8.05. The summed E-state index contributed by atoms with van der Waals surface area (Å²) in [5, 5.41) is 0.637. The molecule has 4 aromatic rings. The Bertz CT molecular complexity index is 1010. The van der Waals surface area contributed by atoms with Crippen LogP contribution < -0.4 is 0 Å². The van der Waals surface area contributed by atoms with Gasteiger partial charge in [-0.15, -0.1) is 0 Å². The maximum Gasteiger partial charge on any atom is 0.141 e. The molecule has 0 unspecified atom stereocenters. The van der Waals surface area contributed by atoms with Crippen molar-refractivity contribution in [2.24, 2.45) is 0 Å². The normalized spacial score (nSPS) is 11.1. The fourth-order valence-electron chi connectivity index (χ4n) is 2.87. The van der Waals surface area contributed by atoms with E-state index in [1.165, 1.54) is 6.07 Å². The lowest BCUT2D eigenvalue weighted by Gasteiger charge is -2.10. The average molecular weight is 337 g/mol. The van der Waals surface area contributed by atoms with Crippen LogP contribution in [0.5, 0.6) is 0 Å². The fraction of sp³-hybridized carbons (Fsp3) is 0.0500. The fourth-order valence-corrected chi connectivity index (χ4v) is 3.03. The van der Waals surface area contributed by atoms with Gasteiger partial charge in [0.15, 0.2) is 0 Å². The minimum atomic E-state index is -0.215. The van der Waals surface area contributed by atoms with Gasteiger partial charge >= 0.3 is 0 Å². The third kappa shape index (κ3) is 2.68. The Labute approximate surface area is 144 Å². The number of hydrogen-bond acceptors (Lipinski definition) is 1. The molecular formula is C20H14ClFN2. The van der Waals surface area contributed by atoms with Gasteiger partial charge in [-0.3, -0.25) is 0 Å². The van der Waals surface area contributed by atoms with Crippen molar-refractivity contribution in [3.8, 4) is 11.4 Å². The van der Waals surface area contributed by atoms with Crippen molar-refractivity contribution in [1.29, 1.82) is 0 Å². The van der Waals surface area contributed by atoms with Gasteiger partial charge in [0.25, 0.3) is 0 Å². The van der Waals surface area contributed by atoms with E-state index in [-0.39, 0.29) is 5.82 Å². The van der Waals surface area contributed by atoms with Gasteiger partial charge in [0.1, 0.15) is 11.6 Å². The zero-order valence-corrected chi connectivity index (χ0v) is 13.5. The van der Waals surface area contributed by atoms with E-state index in [9.17, 15) is 4.39 Å². The zero-order chi connectivity index (χ0) is 16.5. The maximum atomic E-state index is 14.1. The number of fused-ring (bicyclic) bond motifs is 1. The Hall–Kier alpha value is -2.65. The van der Waals surface area contributed by atoms with Crippen molar-refractivity contribution >= 4 is 22.6 Å². The van der Waals surface area contributed by atoms with E-state index in [0.717, 1.165) is 22.4 Å². The summed E-state index contributed by atoms with van der Waals surface area (Å²) in [6.45, 7) is 0.412. The molecule has 118 valence electrons. The molecular weight excluding hydrogens is 323 g/mol. The number of rotatable bonds is 3. The molecule has 0 fully saturated rings. The minimum Gasteiger partial charge on any atom is -0.319 e. The highest BCUT2D eigenvalue weighted by Gasteiger charge is 2.14. The smallest absolute Gasteiger partial charge is 0.141 e. The highest BCUT2D eigenvalue weighted by Crippen LogP contribution is 2.28. The van der Waals surface area contributed by atoms with Crippen molar-refractivity contribution in [3.05, 3.63) is 89.2 Å². The topological polar surface area (TPSA) is 17.8 Å². The van der Waals surface area contributed by atoms with E-state index in [2.05, 4.69) is 0 Å². The van der Waals surface area contributed by atoms with E-state index in [4.69, 9.17) is 16.6 Å². The highest BCUT2D eigenvalue weighted by molar-refractivity contribution is 6.31. The molecule has 0 radical (unpaired) electrons. The number of halogens is 2. The van der Waals surface area contributed by atoms with Crippen LogP contribution in [0.15, 0.2) is 72.8 Å². The summed E-state index contributed by atoms with van der Waals surface area (Å²) in [7, 11) is 0. The summed E-state index contributed by atoms with van der Waals surface area (Å²) in [6.07, 6.45) is 0. The molecule has 0 aliphatic rings. The van der Waals surface area contributed by atoms with Crippen LogP contribution in [-0.4, -0.2) is 9.55 Å². The lowest BCUT2D eigenvalue weighted by Crippen LogP contribution is -2.04. The van der Waals surface area contributed by atoms with Gasteiger partial charge in [0, 0.05) is 16.1 Å². The van der Waals surface area contributed by atoms with Gasteiger partial charge in [-0.05, 0) is 24.3 Å². The maximum absolute atomic E-state index is 14.1. The Kier molecular flexibility index (Phi) is 3.79. The van der Waals surface area contributed by atoms with Gasteiger partial charge in [0.2, 0.25) is 0 Å². The van der Waals surface area contributed by atoms with Crippen LogP contribution in [0.3, 0.4) is 0 Å². The van der Waals surface area contributed by atoms with Crippen LogP contribution in [0.2, 0.25) is 5.02 Å². The summed E-state index contributed by atoms with van der Waals surface area (Å²) in [5.41, 5.74) is 3.35. The van der Waals surface area contributed by atoms with E-state index >= 15 is 0 Å². The van der Waals surface area contributed by atoms with E-state index in [0.29, 0.717) is 17.1 Å². The third-order valence-corrected chi connectivity index (χ3v) is 4.26. The van der Waals surface area contributed by atoms with Crippen LogP contribution in [-0.2, 0) is 6.54 Å². The van der Waals surface area contributed by atoms with Crippen molar-refractivity contribution in [1.82, 2.24) is 9.55 Å². The second-order valence-electron chi connectivity index (χ2n) is 5.61. The predicted octanol–water partition coefficient (Wildman–Crippen LogP) is 5.54. The summed E-state index contributed by atoms with van der Waals surface area (Å²) in [4.78, 5) is 4.73. The molecule has 0 spiro atoms. The molecule has 0 aliphatic carbocycles. The third-order valence-electron chi connectivity index (χ3n) is 4.03. The molecule has 1 heterocycles. The van der Waals surface area contributed by atoms with E-state index in [1.807, 2.05) is 59.2 Å².